The Hall–Kier alpha value is -3.93. The van der Waals surface area contributed by atoms with Gasteiger partial charge in [0, 0.05) is 5.39 Å². The Morgan fingerprint density at radius 3 is 2.67 bits per heavy atom. The van der Waals surface area contributed by atoms with Crippen LogP contribution in [-0.2, 0) is 0 Å². The summed E-state index contributed by atoms with van der Waals surface area (Å²) >= 11 is 0. The lowest BCUT2D eigenvalue weighted by atomic mass is 10.1. The van der Waals surface area contributed by atoms with Gasteiger partial charge in [-0.3, -0.25) is 4.79 Å². The normalized spacial score (nSPS) is 11.1. The molecule has 0 saturated heterocycles. The Labute approximate surface area is 154 Å². The minimum absolute atomic E-state index is 0.171. The zero-order valence-electron chi connectivity index (χ0n) is 14.2. The summed E-state index contributed by atoms with van der Waals surface area (Å²) in [6, 6.07) is 19.2. The summed E-state index contributed by atoms with van der Waals surface area (Å²) in [5.74, 6) is 0.406. The number of amides is 1. The van der Waals surface area contributed by atoms with Crippen LogP contribution in [0.2, 0.25) is 0 Å². The van der Waals surface area contributed by atoms with E-state index in [0.29, 0.717) is 22.5 Å². The fourth-order valence-corrected chi connectivity index (χ4v) is 2.70. The maximum atomic E-state index is 12.7. The van der Waals surface area contributed by atoms with Crippen molar-refractivity contribution >= 4 is 23.0 Å². The maximum Gasteiger partial charge on any atom is 0.272 e. The number of phenols is 1. The lowest BCUT2D eigenvalue weighted by Gasteiger charge is -2.07. The highest BCUT2D eigenvalue weighted by Gasteiger charge is 2.14. The van der Waals surface area contributed by atoms with Crippen molar-refractivity contribution in [3.8, 4) is 17.2 Å². The van der Waals surface area contributed by atoms with E-state index in [-0.39, 0.29) is 11.7 Å². The first-order chi connectivity index (χ1) is 13.2. The predicted molar refractivity (Wildman–Crippen MR) is 103 cm³/mol. The summed E-state index contributed by atoms with van der Waals surface area (Å²) < 4.78 is 5.41. The number of hydrogen-bond donors (Lipinski definition) is 2. The van der Waals surface area contributed by atoms with Crippen LogP contribution in [-0.4, -0.2) is 22.2 Å². The van der Waals surface area contributed by atoms with E-state index in [4.69, 9.17) is 4.42 Å². The maximum absolute atomic E-state index is 12.7. The molecule has 6 heteroatoms. The molecule has 0 aliphatic heterocycles. The largest absolute Gasteiger partial charge is 0.508 e. The summed E-state index contributed by atoms with van der Waals surface area (Å²) in [7, 11) is 0. The number of benzene rings is 2. The van der Waals surface area contributed by atoms with Crippen LogP contribution in [0.25, 0.3) is 22.4 Å². The Balaban J connectivity index is 1.65. The molecular formula is C21H15N3O3. The van der Waals surface area contributed by atoms with E-state index in [9.17, 15) is 9.90 Å². The molecule has 0 saturated carbocycles. The topological polar surface area (TPSA) is 87.7 Å². The number of aromatic hydroxyl groups is 1. The zero-order chi connectivity index (χ0) is 18.6. The summed E-state index contributed by atoms with van der Waals surface area (Å²) in [6.45, 7) is 0. The number of carbonyl (C=O) groups excluding carboxylic acids is 1. The van der Waals surface area contributed by atoms with Crippen LogP contribution in [0.15, 0.2) is 82.5 Å². The smallest absolute Gasteiger partial charge is 0.272 e. The molecule has 1 amide bonds. The average Bonchev–Trinajstić information content (AvgIpc) is 3.23. The second-order valence-corrected chi connectivity index (χ2v) is 5.84. The van der Waals surface area contributed by atoms with E-state index in [2.05, 4.69) is 15.5 Å². The molecule has 0 spiro atoms. The lowest BCUT2D eigenvalue weighted by molar-refractivity contribution is 0.0956. The highest BCUT2D eigenvalue weighted by Crippen LogP contribution is 2.25. The minimum Gasteiger partial charge on any atom is -0.508 e. The first kappa shape index (κ1) is 16.5. The van der Waals surface area contributed by atoms with Gasteiger partial charge < -0.3 is 9.52 Å². The summed E-state index contributed by atoms with van der Waals surface area (Å²) in [4.78, 5) is 17.3. The number of rotatable bonds is 4. The molecule has 0 radical (unpaired) electrons. The van der Waals surface area contributed by atoms with E-state index < -0.39 is 0 Å². The van der Waals surface area contributed by atoms with Crippen LogP contribution in [0.1, 0.15) is 15.9 Å². The molecule has 4 aromatic rings. The van der Waals surface area contributed by atoms with Gasteiger partial charge in [-0.2, -0.15) is 5.10 Å². The summed E-state index contributed by atoms with van der Waals surface area (Å²) in [6.07, 6.45) is 3.07. The molecule has 0 atom stereocenters. The number of fused-ring (bicyclic) bond motifs is 1. The van der Waals surface area contributed by atoms with Crippen molar-refractivity contribution in [3.05, 3.63) is 84.1 Å². The minimum atomic E-state index is -0.351. The molecule has 0 fully saturated rings. The first-order valence-corrected chi connectivity index (χ1v) is 8.27. The Bertz CT molecular complexity index is 1120. The number of para-hydroxylation sites is 1. The van der Waals surface area contributed by atoms with Crippen molar-refractivity contribution < 1.29 is 14.3 Å². The molecular weight excluding hydrogens is 342 g/mol. The molecule has 0 bridgehead atoms. The number of nitrogens with zero attached hydrogens (tertiary/aromatic N) is 2. The van der Waals surface area contributed by atoms with Crippen molar-refractivity contribution in [2.24, 2.45) is 5.10 Å². The molecule has 2 heterocycles. The van der Waals surface area contributed by atoms with Gasteiger partial charge in [-0.05, 0) is 54.1 Å². The molecule has 6 nitrogen and oxygen atoms in total. The van der Waals surface area contributed by atoms with Crippen molar-refractivity contribution in [1.82, 2.24) is 10.4 Å². The molecule has 2 N–H and O–H groups in total. The van der Waals surface area contributed by atoms with Crippen LogP contribution < -0.4 is 5.43 Å². The molecule has 0 aliphatic carbocycles. The van der Waals surface area contributed by atoms with Crippen LogP contribution in [0.3, 0.4) is 0 Å². The monoisotopic (exact) mass is 357 g/mol. The number of carbonyl (C=O) groups is 1. The molecule has 2 aromatic carbocycles. The Morgan fingerprint density at radius 2 is 1.89 bits per heavy atom. The van der Waals surface area contributed by atoms with Gasteiger partial charge >= 0.3 is 0 Å². The van der Waals surface area contributed by atoms with E-state index in [1.165, 1.54) is 6.21 Å². The van der Waals surface area contributed by atoms with E-state index in [1.54, 1.807) is 48.7 Å². The number of phenolic OH excluding ortho intramolecular Hbond substituents is 1. The molecule has 0 unspecified atom stereocenters. The summed E-state index contributed by atoms with van der Waals surface area (Å²) in [5, 5.41) is 14.0. The van der Waals surface area contributed by atoms with Crippen LogP contribution in [0.4, 0.5) is 0 Å². The zero-order valence-corrected chi connectivity index (χ0v) is 14.2. The molecule has 4 rings (SSSR count). The highest BCUT2D eigenvalue weighted by molar-refractivity contribution is 6.07. The van der Waals surface area contributed by atoms with Gasteiger partial charge in [0.15, 0.2) is 5.76 Å². The summed E-state index contributed by atoms with van der Waals surface area (Å²) in [5.41, 5.74) is 5.01. The van der Waals surface area contributed by atoms with E-state index in [0.717, 1.165) is 10.9 Å². The molecule has 132 valence electrons. The van der Waals surface area contributed by atoms with Gasteiger partial charge in [0.1, 0.15) is 11.4 Å². The van der Waals surface area contributed by atoms with Gasteiger partial charge in [0.05, 0.1) is 23.6 Å². The van der Waals surface area contributed by atoms with E-state index in [1.807, 2.05) is 24.3 Å². The van der Waals surface area contributed by atoms with Crippen molar-refractivity contribution in [2.75, 3.05) is 0 Å². The second-order valence-electron chi connectivity index (χ2n) is 5.84. The molecule has 2 aromatic heterocycles. The predicted octanol–water partition coefficient (Wildman–Crippen LogP) is 3.96. The van der Waals surface area contributed by atoms with Crippen molar-refractivity contribution in [3.63, 3.8) is 0 Å². The molecule has 27 heavy (non-hydrogen) atoms. The number of furan rings is 1. The van der Waals surface area contributed by atoms with Crippen LogP contribution >= 0.6 is 0 Å². The van der Waals surface area contributed by atoms with Gasteiger partial charge in [-0.1, -0.05) is 18.2 Å². The highest BCUT2D eigenvalue weighted by atomic mass is 16.3. The van der Waals surface area contributed by atoms with Crippen LogP contribution in [0, 0.1) is 0 Å². The van der Waals surface area contributed by atoms with Gasteiger partial charge in [0.25, 0.3) is 5.91 Å². The second kappa shape index (κ2) is 7.13. The standard InChI is InChI=1S/C21H15N3O3/c25-15-9-7-14(8-10-15)13-22-24-21(26)17-12-19(20-6-3-11-27-20)23-18-5-2-1-4-16(17)18/h1-13,25H,(H,24,26)/b22-13+. The van der Waals surface area contributed by atoms with E-state index >= 15 is 0 Å². The number of nitrogens with one attached hydrogen (secondary N) is 1. The Kier molecular flexibility index (Phi) is 4.37. The van der Waals surface area contributed by atoms with Crippen molar-refractivity contribution in [2.45, 2.75) is 0 Å². The van der Waals surface area contributed by atoms with Crippen molar-refractivity contribution in [1.29, 1.82) is 0 Å². The number of hydrazone groups is 1. The quantitative estimate of drug-likeness (QED) is 0.427. The van der Waals surface area contributed by atoms with Gasteiger partial charge in [-0.15, -0.1) is 0 Å². The lowest BCUT2D eigenvalue weighted by Crippen LogP contribution is -2.18. The van der Waals surface area contributed by atoms with Gasteiger partial charge in [0.2, 0.25) is 0 Å². The van der Waals surface area contributed by atoms with Gasteiger partial charge in [-0.25, -0.2) is 10.4 Å². The number of pyridine rings is 1. The number of aromatic nitrogens is 1. The molecule has 0 aliphatic rings. The fraction of sp³-hybridized carbons (Fsp3) is 0. The Morgan fingerprint density at radius 1 is 1.07 bits per heavy atom. The average molecular weight is 357 g/mol. The third kappa shape index (κ3) is 3.55. The third-order valence-corrected chi connectivity index (χ3v) is 4.01. The number of hydrogen-bond acceptors (Lipinski definition) is 5. The van der Waals surface area contributed by atoms with Crippen LogP contribution in [0.5, 0.6) is 5.75 Å². The fourth-order valence-electron chi connectivity index (χ4n) is 2.70. The SMILES string of the molecule is O=C(N/N=C/c1ccc(O)cc1)c1cc(-c2ccco2)nc2ccccc12. The first-order valence-electron chi connectivity index (χ1n) is 8.27. The third-order valence-electron chi connectivity index (χ3n) is 4.01.